The van der Waals surface area contributed by atoms with Crippen LogP contribution in [-0.2, 0) is 4.74 Å². The zero-order valence-electron chi connectivity index (χ0n) is 13.6. The van der Waals surface area contributed by atoms with Crippen molar-refractivity contribution in [2.24, 2.45) is 0 Å². The van der Waals surface area contributed by atoms with Gasteiger partial charge in [-0.1, -0.05) is 0 Å². The number of carbonyl (C=O) groups excluding carboxylic acids is 1. The summed E-state index contributed by atoms with van der Waals surface area (Å²) >= 11 is 0. The number of carbonyl (C=O) groups is 1. The number of amides is 1. The lowest BCUT2D eigenvalue weighted by molar-refractivity contribution is -0.0482. The Bertz CT molecular complexity index is 528. The van der Waals surface area contributed by atoms with Crippen LogP contribution in [0.3, 0.4) is 0 Å². The van der Waals surface area contributed by atoms with Crippen LogP contribution < -0.4 is 0 Å². The number of rotatable bonds is 4. The molecular weight excluding hydrogens is 282 g/mol. The van der Waals surface area contributed by atoms with Gasteiger partial charge in [-0.3, -0.25) is 9.69 Å². The first-order valence-electron chi connectivity index (χ1n) is 7.90. The summed E-state index contributed by atoms with van der Waals surface area (Å²) in [5.41, 5.74) is 0.665. The van der Waals surface area contributed by atoms with Gasteiger partial charge in [0.1, 0.15) is 5.76 Å². The zero-order chi connectivity index (χ0) is 15.7. The molecule has 0 unspecified atom stereocenters. The second kappa shape index (κ2) is 6.40. The fourth-order valence-corrected chi connectivity index (χ4v) is 3.31. The topological polar surface area (TPSA) is 49.2 Å². The molecule has 2 saturated heterocycles. The van der Waals surface area contributed by atoms with Gasteiger partial charge < -0.3 is 19.0 Å². The van der Waals surface area contributed by atoms with Crippen molar-refractivity contribution in [3.8, 4) is 0 Å². The van der Waals surface area contributed by atoms with Crippen molar-refractivity contribution >= 4 is 5.91 Å². The Labute approximate surface area is 131 Å². The van der Waals surface area contributed by atoms with Crippen LogP contribution in [0.5, 0.6) is 0 Å². The Hall–Kier alpha value is -1.37. The minimum atomic E-state index is 0.0526. The Morgan fingerprint density at radius 2 is 2.23 bits per heavy atom. The lowest BCUT2D eigenvalue weighted by Crippen LogP contribution is -2.52. The number of furan rings is 1. The zero-order valence-corrected chi connectivity index (χ0v) is 13.6. The minimum Gasteiger partial charge on any atom is -0.469 e. The molecule has 0 radical (unpaired) electrons. The number of likely N-dealkylation sites (N-methyl/N-ethyl adjacent to an activating group) is 1. The molecule has 3 heterocycles. The lowest BCUT2D eigenvalue weighted by atomic mass is 10.1. The second-order valence-corrected chi connectivity index (χ2v) is 6.42. The van der Waals surface area contributed by atoms with E-state index < -0.39 is 0 Å². The quantitative estimate of drug-likeness (QED) is 0.818. The highest BCUT2D eigenvalue weighted by Gasteiger charge is 2.42. The smallest absolute Gasteiger partial charge is 0.257 e. The largest absolute Gasteiger partial charge is 0.469 e. The molecule has 2 aliphatic rings. The summed E-state index contributed by atoms with van der Waals surface area (Å²) < 4.78 is 11.1. The van der Waals surface area contributed by atoms with E-state index in [-0.39, 0.29) is 12.0 Å². The van der Waals surface area contributed by atoms with Crippen LogP contribution >= 0.6 is 0 Å². The summed E-state index contributed by atoms with van der Waals surface area (Å²) in [7, 11) is 4.17. The predicted octanol–water partition coefficient (Wildman–Crippen LogP) is 0.675. The molecule has 6 heteroatoms. The van der Waals surface area contributed by atoms with Gasteiger partial charge in [0.2, 0.25) is 0 Å². The van der Waals surface area contributed by atoms with Gasteiger partial charge in [0.05, 0.1) is 30.6 Å². The molecule has 0 N–H and O–H groups in total. The van der Waals surface area contributed by atoms with Crippen molar-refractivity contribution in [3.05, 3.63) is 23.7 Å². The van der Waals surface area contributed by atoms with Crippen molar-refractivity contribution < 1.29 is 13.9 Å². The molecule has 3 rings (SSSR count). The van der Waals surface area contributed by atoms with Crippen LogP contribution in [0.4, 0.5) is 0 Å². The van der Waals surface area contributed by atoms with Gasteiger partial charge in [-0.05, 0) is 27.1 Å². The van der Waals surface area contributed by atoms with Gasteiger partial charge in [-0.15, -0.1) is 0 Å². The molecule has 0 saturated carbocycles. The first-order chi connectivity index (χ1) is 10.6. The third-order valence-electron chi connectivity index (χ3n) is 4.63. The molecule has 0 bridgehead atoms. The molecular formula is C16H25N3O3. The number of hydrogen-bond donors (Lipinski definition) is 0. The van der Waals surface area contributed by atoms with Gasteiger partial charge in [0.15, 0.2) is 0 Å². The van der Waals surface area contributed by atoms with Gasteiger partial charge in [-0.25, -0.2) is 0 Å². The van der Waals surface area contributed by atoms with Crippen LogP contribution in [0.25, 0.3) is 0 Å². The number of likely N-dealkylation sites (tertiary alicyclic amines) is 1. The highest BCUT2D eigenvalue weighted by molar-refractivity contribution is 5.95. The Balaban J connectivity index is 1.66. The summed E-state index contributed by atoms with van der Waals surface area (Å²) in [6.07, 6.45) is 1.71. The van der Waals surface area contributed by atoms with E-state index in [4.69, 9.17) is 9.15 Å². The molecule has 1 aromatic rings. The molecule has 2 atom stereocenters. The summed E-state index contributed by atoms with van der Waals surface area (Å²) in [6, 6.07) is 2.06. The molecule has 1 amide bonds. The number of aryl methyl sites for hydroxylation is 1. The molecule has 122 valence electrons. The molecule has 0 aromatic carbocycles. The number of nitrogens with zero attached hydrogens (tertiary/aromatic N) is 3. The summed E-state index contributed by atoms with van der Waals surface area (Å²) in [5.74, 6) is 0.738. The fourth-order valence-electron chi connectivity index (χ4n) is 3.31. The Morgan fingerprint density at radius 3 is 2.91 bits per heavy atom. The molecule has 2 aliphatic heterocycles. The number of ether oxygens (including phenoxy) is 1. The Morgan fingerprint density at radius 1 is 1.41 bits per heavy atom. The van der Waals surface area contributed by atoms with Gasteiger partial charge in [-0.2, -0.15) is 0 Å². The predicted molar refractivity (Wildman–Crippen MR) is 83.0 cm³/mol. The van der Waals surface area contributed by atoms with E-state index in [1.165, 1.54) is 0 Å². The number of fused-ring (bicyclic) bond motifs is 1. The van der Waals surface area contributed by atoms with E-state index in [2.05, 4.69) is 23.9 Å². The standard InChI is InChI=1S/C16H25N3O3/c1-12-13(4-8-21-12)16(20)19-10-14-15(11-19)22-9-7-18(14)6-5-17(2)3/h4,8,14-15H,5-7,9-11H2,1-3H3/t14-,15+/m1/s1. The molecule has 22 heavy (non-hydrogen) atoms. The van der Waals surface area contributed by atoms with Gasteiger partial charge >= 0.3 is 0 Å². The highest BCUT2D eigenvalue weighted by Crippen LogP contribution is 2.25. The van der Waals surface area contributed by atoms with Crippen molar-refractivity contribution in [3.63, 3.8) is 0 Å². The normalized spacial score (nSPS) is 25.7. The molecule has 6 nitrogen and oxygen atoms in total. The van der Waals surface area contributed by atoms with E-state index in [9.17, 15) is 4.79 Å². The SMILES string of the molecule is Cc1occc1C(=O)N1C[C@@H]2OCCN(CCN(C)C)[C@@H]2C1. The van der Waals surface area contributed by atoms with Crippen LogP contribution in [0, 0.1) is 6.92 Å². The van der Waals surface area contributed by atoms with Crippen LogP contribution in [-0.4, -0.2) is 86.2 Å². The van der Waals surface area contributed by atoms with Gasteiger partial charge in [0, 0.05) is 32.7 Å². The average molecular weight is 307 g/mol. The van der Waals surface area contributed by atoms with Crippen molar-refractivity contribution in [2.45, 2.75) is 19.1 Å². The van der Waals surface area contributed by atoms with Crippen LogP contribution in [0.15, 0.2) is 16.7 Å². The maximum Gasteiger partial charge on any atom is 0.257 e. The van der Waals surface area contributed by atoms with Crippen molar-refractivity contribution in [1.29, 1.82) is 0 Å². The van der Waals surface area contributed by atoms with E-state index in [0.717, 1.165) is 32.8 Å². The van der Waals surface area contributed by atoms with E-state index >= 15 is 0 Å². The maximum atomic E-state index is 12.6. The second-order valence-electron chi connectivity index (χ2n) is 6.42. The maximum absolute atomic E-state index is 12.6. The van der Waals surface area contributed by atoms with Gasteiger partial charge in [0.25, 0.3) is 5.91 Å². The van der Waals surface area contributed by atoms with E-state index in [1.54, 1.807) is 12.3 Å². The lowest BCUT2D eigenvalue weighted by Gasteiger charge is -2.37. The molecule has 1 aromatic heterocycles. The van der Waals surface area contributed by atoms with E-state index in [1.807, 2.05) is 11.8 Å². The molecule has 0 aliphatic carbocycles. The van der Waals surface area contributed by atoms with Crippen LogP contribution in [0.1, 0.15) is 16.1 Å². The van der Waals surface area contributed by atoms with E-state index in [0.29, 0.717) is 23.9 Å². The monoisotopic (exact) mass is 307 g/mol. The first-order valence-corrected chi connectivity index (χ1v) is 7.90. The van der Waals surface area contributed by atoms with Crippen molar-refractivity contribution in [1.82, 2.24) is 14.7 Å². The van der Waals surface area contributed by atoms with Crippen molar-refractivity contribution in [2.75, 3.05) is 53.4 Å². The number of morpholine rings is 1. The summed E-state index contributed by atoms with van der Waals surface area (Å²) in [4.78, 5) is 19.2. The average Bonchev–Trinajstić information content (AvgIpc) is 3.10. The summed E-state index contributed by atoms with van der Waals surface area (Å²) in [5, 5.41) is 0. The first kappa shape index (κ1) is 15.5. The Kier molecular flexibility index (Phi) is 4.52. The molecule has 2 fully saturated rings. The van der Waals surface area contributed by atoms with Crippen LogP contribution in [0.2, 0.25) is 0 Å². The third-order valence-corrected chi connectivity index (χ3v) is 4.63. The minimum absolute atomic E-state index is 0.0526. The fraction of sp³-hybridized carbons (Fsp3) is 0.688. The highest BCUT2D eigenvalue weighted by atomic mass is 16.5. The third kappa shape index (κ3) is 3.04. The molecule has 0 spiro atoms. The number of hydrogen-bond acceptors (Lipinski definition) is 5. The summed E-state index contributed by atoms with van der Waals surface area (Å²) in [6.45, 7) is 6.98.